The summed E-state index contributed by atoms with van der Waals surface area (Å²) < 4.78 is 2.18. The van der Waals surface area contributed by atoms with Crippen LogP contribution in [0.1, 0.15) is 24.8 Å². The van der Waals surface area contributed by atoms with E-state index in [0.29, 0.717) is 5.92 Å². The number of aromatic nitrogens is 2. The normalized spacial score (nSPS) is 17.8. The molecule has 0 bridgehead atoms. The van der Waals surface area contributed by atoms with Gasteiger partial charge in [-0.3, -0.25) is 0 Å². The number of hydrogen-bond donors (Lipinski definition) is 1. The summed E-state index contributed by atoms with van der Waals surface area (Å²) in [7, 11) is 0. The molecule has 1 aliphatic rings. The molecule has 0 saturated heterocycles. The van der Waals surface area contributed by atoms with E-state index in [0.717, 1.165) is 32.0 Å². The van der Waals surface area contributed by atoms with Crippen molar-refractivity contribution in [2.24, 2.45) is 5.73 Å². The highest BCUT2D eigenvalue weighted by molar-refractivity contribution is 5.67. The van der Waals surface area contributed by atoms with E-state index in [1.165, 1.54) is 11.3 Å². The van der Waals surface area contributed by atoms with E-state index in [2.05, 4.69) is 45.6 Å². The second-order valence-electron chi connectivity index (χ2n) is 4.96. The van der Waals surface area contributed by atoms with Crippen molar-refractivity contribution < 1.29 is 0 Å². The quantitative estimate of drug-likeness (QED) is 0.914. The predicted molar refractivity (Wildman–Crippen MR) is 77.8 cm³/mol. The van der Waals surface area contributed by atoms with E-state index >= 15 is 0 Å². The first-order valence-electron chi connectivity index (χ1n) is 6.92. The van der Waals surface area contributed by atoms with Gasteiger partial charge in [-0.25, -0.2) is 4.98 Å². The number of nitrogens with two attached hydrogens (primary N) is 1. The minimum Gasteiger partial charge on any atom is -0.330 e. The van der Waals surface area contributed by atoms with Crippen LogP contribution in [-0.4, -0.2) is 22.6 Å². The average Bonchev–Trinajstić information content (AvgIpc) is 3.04. The lowest BCUT2D eigenvalue weighted by atomic mass is 9.98. The Morgan fingerprint density at radius 1 is 1.37 bits per heavy atom. The second-order valence-corrected chi connectivity index (χ2v) is 4.96. The summed E-state index contributed by atoms with van der Waals surface area (Å²) in [4.78, 5) is 6.84. The summed E-state index contributed by atoms with van der Waals surface area (Å²) in [5.74, 6) is 1.55. The van der Waals surface area contributed by atoms with Gasteiger partial charge in [0.25, 0.3) is 0 Å². The minimum atomic E-state index is 0.517. The molecule has 19 heavy (non-hydrogen) atoms. The third-order valence-electron chi connectivity index (χ3n) is 3.86. The number of anilines is 2. The topological polar surface area (TPSA) is 47.1 Å². The number of rotatable bonds is 4. The molecule has 1 aromatic carbocycles. The van der Waals surface area contributed by atoms with Crippen LogP contribution in [0, 0.1) is 0 Å². The Balaban J connectivity index is 2.01. The summed E-state index contributed by atoms with van der Waals surface area (Å²) in [6.45, 7) is 4.79. The van der Waals surface area contributed by atoms with E-state index in [1.807, 2.05) is 12.4 Å². The molecule has 1 atom stereocenters. The molecule has 1 unspecified atom stereocenters. The van der Waals surface area contributed by atoms with Crippen LogP contribution in [0.4, 0.5) is 11.6 Å². The van der Waals surface area contributed by atoms with Crippen LogP contribution in [0.3, 0.4) is 0 Å². The molecule has 1 aromatic heterocycles. The molecule has 0 radical (unpaired) electrons. The Labute approximate surface area is 113 Å². The zero-order valence-electron chi connectivity index (χ0n) is 11.3. The smallest absolute Gasteiger partial charge is 0.210 e. The van der Waals surface area contributed by atoms with Crippen molar-refractivity contribution in [3.63, 3.8) is 0 Å². The maximum Gasteiger partial charge on any atom is 0.210 e. The molecule has 0 saturated carbocycles. The molecular weight excluding hydrogens is 236 g/mol. The molecule has 0 amide bonds. The van der Waals surface area contributed by atoms with Crippen molar-refractivity contribution in [1.82, 2.24) is 9.55 Å². The Bertz CT molecular complexity index is 561. The number of para-hydroxylation sites is 1. The van der Waals surface area contributed by atoms with Gasteiger partial charge >= 0.3 is 0 Å². The third kappa shape index (κ3) is 2.02. The molecule has 0 spiro atoms. The minimum absolute atomic E-state index is 0.517. The van der Waals surface area contributed by atoms with Crippen LogP contribution in [0.2, 0.25) is 0 Å². The summed E-state index contributed by atoms with van der Waals surface area (Å²) in [5.41, 5.74) is 8.43. The van der Waals surface area contributed by atoms with Crippen molar-refractivity contribution in [1.29, 1.82) is 0 Å². The summed E-state index contributed by atoms with van der Waals surface area (Å²) in [5, 5.41) is 0. The lowest BCUT2D eigenvalue weighted by Gasteiger charge is -2.19. The number of benzene rings is 1. The average molecular weight is 256 g/mol. The van der Waals surface area contributed by atoms with Crippen LogP contribution in [-0.2, 0) is 6.54 Å². The van der Waals surface area contributed by atoms with E-state index in [9.17, 15) is 0 Å². The van der Waals surface area contributed by atoms with Crippen LogP contribution < -0.4 is 10.6 Å². The standard InChI is InChI=1S/C15H20N4/c1-2-18-10-9-17-15(18)19-11-12(7-8-16)13-5-3-4-6-14(13)19/h3-6,9-10,12H,2,7-8,11,16H2,1H3. The van der Waals surface area contributed by atoms with E-state index in [-0.39, 0.29) is 0 Å². The largest absolute Gasteiger partial charge is 0.330 e. The molecule has 0 fully saturated rings. The number of fused-ring (bicyclic) bond motifs is 1. The molecule has 4 nitrogen and oxygen atoms in total. The van der Waals surface area contributed by atoms with Crippen molar-refractivity contribution >= 4 is 11.6 Å². The fraction of sp³-hybridized carbons (Fsp3) is 0.400. The molecule has 1 aliphatic heterocycles. The molecule has 4 heteroatoms. The predicted octanol–water partition coefficient (Wildman–Crippen LogP) is 2.49. The van der Waals surface area contributed by atoms with E-state index < -0.39 is 0 Å². The summed E-state index contributed by atoms with van der Waals surface area (Å²) >= 11 is 0. The first-order valence-corrected chi connectivity index (χ1v) is 6.92. The highest BCUT2D eigenvalue weighted by Crippen LogP contribution is 2.41. The maximum absolute atomic E-state index is 5.75. The zero-order valence-corrected chi connectivity index (χ0v) is 11.3. The third-order valence-corrected chi connectivity index (χ3v) is 3.86. The van der Waals surface area contributed by atoms with E-state index in [1.54, 1.807) is 0 Å². The van der Waals surface area contributed by atoms with Crippen LogP contribution in [0.5, 0.6) is 0 Å². The van der Waals surface area contributed by atoms with Crippen LogP contribution >= 0.6 is 0 Å². The van der Waals surface area contributed by atoms with Gasteiger partial charge in [0.05, 0.1) is 0 Å². The van der Waals surface area contributed by atoms with Gasteiger partial charge in [-0.1, -0.05) is 18.2 Å². The number of nitrogens with zero attached hydrogens (tertiary/aromatic N) is 3. The Morgan fingerprint density at radius 2 is 2.21 bits per heavy atom. The van der Waals surface area contributed by atoms with Crippen molar-refractivity contribution in [2.45, 2.75) is 25.8 Å². The van der Waals surface area contributed by atoms with Crippen LogP contribution in [0.25, 0.3) is 0 Å². The number of imidazole rings is 1. The molecule has 100 valence electrons. The maximum atomic E-state index is 5.75. The zero-order chi connectivity index (χ0) is 13.2. The Hall–Kier alpha value is -1.81. The summed E-state index contributed by atoms with van der Waals surface area (Å²) in [6.07, 6.45) is 4.94. The Kier molecular flexibility index (Phi) is 3.25. The van der Waals surface area contributed by atoms with Gasteiger partial charge in [0.2, 0.25) is 5.95 Å². The first kappa shape index (κ1) is 12.2. The van der Waals surface area contributed by atoms with Gasteiger partial charge < -0.3 is 15.2 Å². The second kappa shape index (κ2) is 5.05. The highest BCUT2D eigenvalue weighted by Gasteiger charge is 2.30. The van der Waals surface area contributed by atoms with Crippen molar-refractivity contribution in [3.05, 3.63) is 42.2 Å². The molecular formula is C15H20N4. The van der Waals surface area contributed by atoms with E-state index in [4.69, 9.17) is 5.73 Å². The number of aryl methyl sites for hydroxylation is 1. The molecule has 0 aliphatic carbocycles. The Morgan fingerprint density at radius 3 is 3.00 bits per heavy atom. The SMILES string of the molecule is CCn1ccnc1N1CC(CCN)c2ccccc21. The van der Waals surface area contributed by atoms with Gasteiger partial charge in [0, 0.05) is 37.1 Å². The molecule has 3 rings (SSSR count). The lowest BCUT2D eigenvalue weighted by molar-refractivity contribution is 0.655. The molecule has 2 aromatic rings. The van der Waals surface area contributed by atoms with Gasteiger partial charge in [0.15, 0.2) is 0 Å². The first-order chi connectivity index (χ1) is 9.35. The highest BCUT2D eigenvalue weighted by atomic mass is 15.3. The van der Waals surface area contributed by atoms with Crippen LogP contribution in [0.15, 0.2) is 36.7 Å². The summed E-state index contributed by atoms with van der Waals surface area (Å²) in [6, 6.07) is 8.60. The van der Waals surface area contributed by atoms with Gasteiger partial charge in [-0.2, -0.15) is 0 Å². The number of hydrogen-bond acceptors (Lipinski definition) is 3. The molecule has 2 N–H and O–H groups in total. The van der Waals surface area contributed by atoms with Gasteiger partial charge in [-0.05, 0) is 31.5 Å². The van der Waals surface area contributed by atoms with Gasteiger partial charge in [0.1, 0.15) is 0 Å². The lowest BCUT2D eigenvalue weighted by Crippen LogP contribution is -2.20. The van der Waals surface area contributed by atoms with Crippen molar-refractivity contribution in [2.75, 3.05) is 18.0 Å². The fourth-order valence-electron chi connectivity index (χ4n) is 2.93. The fourth-order valence-corrected chi connectivity index (χ4v) is 2.93. The molecule has 2 heterocycles. The van der Waals surface area contributed by atoms with Crippen molar-refractivity contribution in [3.8, 4) is 0 Å². The monoisotopic (exact) mass is 256 g/mol. The van der Waals surface area contributed by atoms with Gasteiger partial charge in [-0.15, -0.1) is 0 Å².